The summed E-state index contributed by atoms with van der Waals surface area (Å²) < 4.78 is 0. The van der Waals surface area contributed by atoms with Gasteiger partial charge in [-0.2, -0.15) is 0 Å². The van der Waals surface area contributed by atoms with E-state index < -0.39 is 0 Å². The molecular weight excluding hydrogens is 240 g/mol. The summed E-state index contributed by atoms with van der Waals surface area (Å²) in [6, 6.07) is 5.27. The van der Waals surface area contributed by atoms with Crippen molar-refractivity contribution < 1.29 is 0 Å². The van der Waals surface area contributed by atoms with Gasteiger partial charge in [-0.25, -0.2) is 0 Å². The average molecular weight is 264 g/mol. The summed E-state index contributed by atoms with van der Waals surface area (Å²) in [5.41, 5.74) is 0. The van der Waals surface area contributed by atoms with Crippen molar-refractivity contribution in [3.05, 3.63) is 22.4 Å². The molecule has 0 bridgehead atoms. The fourth-order valence-electron chi connectivity index (χ4n) is 3.63. The van der Waals surface area contributed by atoms with Crippen molar-refractivity contribution in [2.45, 2.75) is 44.7 Å². The van der Waals surface area contributed by atoms with Gasteiger partial charge in [0.2, 0.25) is 0 Å². The van der Waals surface area contributed by atoms with E-state index in [-0.39, 0.29) is 0 Å². The molecule has 1 aliphatic carbocycles. The van der Waals surface area contributed by atoms with E-state index in [0.29, 0.717) is 0 Å². The minimum atomic E-state index is 0.919. The second kappa shape index (κ2) is 6.18. The first kappa shape index (κ1) is 12.6. The second-order valence-electron chi connectivity index (χ2n) is 5.69. The van der Waals surface area contributed by atoms with E-state index in [2.05, 4.69) is 27.7 Å². The number of fused-ring (bicyclic) bond motifs is 1. The van der Waals surface area contributed by atoms with Crippen molar-refractivity contribution in [1.29, 1.82) is 0 Å². The van der Waals surface area contributed by atoms with Crippen LogP contribution >= 0.6 is 11.3 Å². The monoisotopic (exact) mass is 264 g/mol. The van der Waals surface area contributed by atoms with Crippen molar-refractivity contribution in [2.24, 2.45) is 5.92 Å². The Hall–Kier alpha value is -0.380. The van der Waals surface area contributed by atoms with Crippen LogP contribution in [0.1, 0.15) is 37.0 Å². The van der Waals surface area contributed by atoms with E-state index in [1.807, 2.05) is 11.3 Å². The third-order valence-electron chi connectivity index (χ3n) is 4.58. The highest BCUT2D eigenvalue weighted by molar-refractivity contribution is 7.09. The van der Waals surface area contributed by atoms with Gasteiger partial charge in [0.1, 0.15) is 0 Å². The molecule has 1 saturated carbocycles. The Morgan fingerprint density at radius 2 is 2.22 bits per heavy atom. The molecule has 2 aliphatic rings. The third kappa shape index (κ3) is 2.95. The summed E-state index contributed by atoms with van der Waals surface area (Å²) in [6.45, 7) is 4.77. The highest BCUT2D eigenvalue weighted by atomic mass is 32.1. The molecule has 1 aliphatic heterocycles. The normalized spacial score (nSPS) is 28.4. The first-order valence-electron chi connectivity index (χ1n) is 7.40. The van der Waals surface area contributed by atoms with Gasteiger partial charge >= 0.3 is 0 Å². The third-order valence-corrected chi connectivity index (χ3v) is 5.46. The summed E-state index contributed by atoms with van der Waals surface area (Å²) in [5.74, 6) is 1.02. The molecule has 2 unspecified atom stereocenters. The number of nitrogens with one attached hydrogen (secondary N) is 1. The number of thiophene rings is 1. The molecular formula is C15H24N2S. The van der Waals surface area contributed by atoms with Crippen LogP contribution in [0.2, 0.25) is 0 Å². The number of hydrogen-bond donors (Lipinski definition) is 1. The van der Waals surface area contributed by atoms with Crippen LogP contribution < -0.4 is 5.32 Å². The van der Waals surface area contributed by atoms with Crippen LogP contribution in [0, 0.1) is 5.92 Å². The molecule has 1 aromatic heterocycles. The summed E-state index contributed by atoms with van der Waals surface area (Å²) in [4.78, 5) is 4.19. The predicted molar refractivity (Wildman–Crippen MR) is 78.0 cm³/mol. The Morgan fingerprint density at radius 1 is 1.28 bits per heavy atom. The van der Waals surface area contributed by atoms with Gasteiger partial charge in [0.05, 0.1) is 0 Å². The zero-order valence-corrected chi connectivity index (χ0v) is 11.9. The molecule has 100 valence electrons. The van der Waals surface area contributed by atoms with Crippen molar-refractivity contribution in [3.8, 4) is 0 Å². The Bertz CT molecular complexity index is 349. The van der Waals surface area contributed by atoms with Gasteiger partial charge in [-0.05, 0) is 43.2 Å². The fourth-order valence-corrected chi connectivity index (χ4v) is 4.30. The van der Waals surface area contributed by atoms with Gasteiger partial charge in [-0.15, -0.1) is 11.3 Å². The summed E-state index contributed by atoms with van der Waals surface area (Å²) in [6.07, 6.45) is 7.33. The molecule has 2 atom stereocenters. The van der Waals surface area contributed by atoms with E-state index >= 15 is 0 Å². The summed E-state index contributed by atoms with van der Waals surface area (Å²) >= 11 is 1.85. The topological polar surface area (TPSA) is 15.3 Å². The zero-order chi connectivity index (χ0) is 12.2. The van der Waals surface area contributed by atoms with Crippen LogP contribution in [0.4, 0.5) is 0 Å². The SMILES string of the molecule is c1csc(CNCCN2CCC3CCCCC32)c1. The minimum absolute atomic E-state index is 0.919. The lowest BCUT2D eigenvalue weighted by Crippen LogP contribution is -2.38. The molecule has 3 rings (SSSR count). The average Bonchev–Trinajstić information content (AvgIpc) is 3.04. The standard InChI is InChI=1S/C15H24N2S/c1-2-6-15-13(4-1)7-9-17(15)10-8-16-12-14-5-3-11-18-14/h3,5,11,13,15-16H,1-2,4,6-10,12H2. The van der Waals surface area contributed by atoms with E-state index in [0.717, 1.165) is 25.0 Å². The molecule has 0 spiro atoms. The summed E-state index contributed by atoms with van der Waals surface area (Å²) in [7, 11) is 0. The van der Waals surface area contributed by atoms with Gasteiger partial charge in [0, 0.05) is 30.6 Å². The molecule has 3 heteroatoms. The highest BCUT2D eigenvalue weighted by Gasteiger charge is 2.34. The Morgan fingerprint density at radius 3 is 3.11 bits per heavy atom. The zero-order valence-electron chi connectivity index (χ0n) is 11.1. The number of rotatable bonds is 5. The molecule has 2 heterocycles. The van der Waals surface area contributed by atoms with Gasteiger partial charge in [-0.3, -0.25) is 4.90 Å². The molecule has 1 saturated heterocycles. The molecule has 0 radical (unpaired) electrons. The van der Waals surface area contributed by atoms with Crippen LogP contribution in [0.25, 0.3) is 0 Å². The lowest BCUT2D eigenvalue weighted by atomic mass is 9.85. The van der Waals surface area contributed by atoms with Crippen LogP contribution in [0.3, 0.4) is 0 Å². The Balaban J connectivity index is 1.38. The highest BCUT2D eigenvalue weighted by Crippen LogP contribution is 2.35. The van der Waals surface area contributed by atoms with Crippen LogP contribution in [0.5, 0.6) is 0 Å². The molecule has 1 aromatic rings. The lowest BCUT2D eigenvalue weighted by molar-refractivity contribution is 0.183. The maximum atomic E-state index is 3.58. The molecule has 2 nitrogen and oxygen atoms in total. The number of nitrogens with zero attached hydrogens (tertiary/aromatic N) is 1. The fraction of sp³-hybridized carbons (Fsp3) is 0.733. The van der Waals surface area contributed by atoms with Crippen molar-refractivity contribution >= 4 is 11.3 Å². The van der Waals surface area contributed by atoms with Crippen LogP contribution in [-0.4, -0.2) is 30.6 Å². The smallest absolute Gasteiger partial charge is 0.0300 e. The maximum absolute atomic E-state index is 3.58. The maximum Gasteiger partial charge on any atom is 0.0300 e. The molecule has 2 fully saturated rings. The Labute approximate surface area is 114 Å². The van der Waals surface area contributed by atoms with Gasteiger partial charge in [0.25, 0.3) is 0 Å². The van der Waals surface area contributed by atoms with Crippen molar-refractivity contribution in [3.63, 3.8) is 0 Å². The molecule has 1 N–H and O–H groups in total. The quantitative estimate of drug-likeness (QED) is 0.822. The van der Waals surface area contributed by atoms with Crippen LogP contribution in [0.15, 0.2) is 17.5 Å². The molecule has 18 heavy (non-hydrogen) atoms. The van der Waals surface area contributed by atoms with E-state index in [1.54, 1.807) is 0 Å². The van der Waals surface area contributed by atoms with E-state index in [9.17, 15) is 0 Å². The lowest BCUT2D eigenvalue weighted by Gasteiger charge is -2.31. The number of hydrogen-bond acceptors (Lipinski definition) is 3. The van der Waals surface area contributed by atoms with Gasteiger partial charge < -0.3 is 5.32 Å². The molecule has 0 amide bonds. The van der Waals surface area contributed by atoms with Crippen molar-refractivity contribution in [2.75, 3.05) is 19.6 Å². The van der Waals surface area contributed by atoms with Crippen LogP contribution in [-0.2, 0) is 6.54 Å². The van der Waals surface area contributed by atoms with Gasteiger partial charge in [0.15, 0.2) is 0 Å². The minimum Gasteiger partial charge on any atom is -0.311 e. The van der Waals surface area contributed by atoms with E-state index in [1.165, 1.54) is 50.1 Å². The molecule has 0 aromatic carbocycles. The van der Waals surface area contributed by atoms with E-state index in [4.69, 9.17) is 0 Å². The number of likely N-dealkylation sites (tertiary alicyclic amines) is 1. The van der Waals surface area contributed by atoms with Crippen molar-refractivity contribution in [1.82, 2.24) is 10.2 Å². The van der Waals surface area contributed by atoms with Gasteiger partial charge in [-0.1, -0.05) is 18.9 Å². The largest absolute Gasteiger partial charge is 0.311 e. The Kier molecular flexibility index (Phi) is 4.34. The first-order chi connectivity index (χ1) is 8.93. The summed E-state index contributed by atoms with van der Waals surface area (Å²) in [5, 5.41) is 5.74. The second-order valence-corrected chi connectivity index (χ2v) is 6.72. The first-order valence-corrected chi connectivity index (χ1v) is 8.28. The predicted octanol–water partition coefficient (Wildman–Crippen LogP) is 3.10.